The van der Waals surface area contributed by atoms with Crippen molar-refractivity contribution in [2.45, 2.75) is 25.8 Å². The number of carbonyl (C=O) groups excluding carboxylic acids is 2. The van der Waals surface area contributed by atoms with Crippen LogP contribution in [0.25, 0.3) is 0 Å². The van der Waals surface area contributed by atoms with Crippen LogP contribution in [0.1, 0.15) is 19.8 Å². The van der Waals surface area contributed by atoms with E-state index in [-0.39, 0.29) is 18.2 Å². The lowest BCUT2D eigenvalue weighted by Gasteiger charge is -2.24. The van der Waals surface area contributed by atoms with Crippen LogP contribution >= 0.6 is 11.6 Å². The quantitative estimate of drug-likeness (QED) is 0.928. The fraction of sp³-hybridized carbons (Fsp3) is 0.429. The van der Waals surface area contributed by atoms with Gasteiger partial charge in [0.25, 0.3) is 0 Å². The second-order valence-corrected chi connectivity index (χ2v) is 4.99. The van der Waals surface area contributed by atoms with Crippen molar-refractivity contribution in [2.24, 2.45) is 0 Å². The van der Waals surface area contributed by atoms with E-state index in [1.54, 1.807) is 30.2 Å². The van der Waals surface area contributed by atoms with Crippen molar-refractivity contribution in [3.8, 4) is 5.75 Å². The SMILES string of the molecule is CCC1NC(=O)CCN(c2cc(OC)ccc2Cl)C1=O. The molecule has 1 aliphatic rings. The Balaban J connectivity index is 2.39. The molecule has 1 heterocycles. The van der Waals surface area contributed by atoms with E-state index in [0.717, 1.165) is 0 Å². The van der Waals surface area contributed by atoms with E-state index in [9.17, 15) is 9.59 Å². The second kappa shape index (κ2) is 6.13. The van der Waals surface area contributed by atoms with Gasteiger partial charge in [0.05, 0.1) is 17.8 Å². The minimum Gasteiger partial charge on any atom is -0.497 e. The maximum atomic E-state index is 12.5. The zero-order valence-corrected chi connectivity index (χ0v) is 12.2. The number of ether oxygens (including phenoxy) is 1. The van der Waals surface area contributed by atoms with Gasteiger partial charge in [-0.1, -0.05) is 18.5 Å². The summed E-state index contributed by atoms with van der Waals surface area (Å²) in [5.74, 6) is 0.356. The highest BCUT2D eigenvalue weighted by molar-refractivity contribution is 6.34. The summed E-state index contributed by atoms with van der Waals surface area (Å²) in [5.41, 5.74) is 0.575. The summed E-state index contributed by atoms with van der Waals surface area (Å²) in [4.78, 5) is 25.7. The number of methoxy groups -OCH3 is 1. The number of amides is 2. The first kappa shape index (κ1) is 14.7. The van der Waals surface area contributed by atoms with Crippen LogP contribution < -0.4 is 15.0 Å². The minimum absolute atomic E-state index is 0.119. The van der Waals surface area contributed by atoms with Gasteiger partial charge in [-0.15, -0.1) is 0 Å². The molecule has 1 unspecified atom stereocenters. The molecule has 0 radical (unpaired) electrons. The summed E-state index contributed by atoms with van der Waals surface area (Å²) in [6.45, 7) is 2.17. The molecule has 1 aromatic rings. The maximum Gasteiger partial charge on any atom is 0.249 e. The Morgan fingerprint density at radius 2 is 2.20 bits per heavy atom. The summed E-state index contributed by atoms with van der Waals surface area (Å²) < 4.78 is 5.16. The highest BCUT2D eigenvalue weighted by Gasteiger charge is 2.30. The summed E-state index contributed by atoms with van der Waals surface area (Å²) in [6.07, 6.45) is 0.804. The fourth-order valence-electron chi connectivity index (χ4n) is 2.18. The van der Waals surface area contributed by atoms with Crippen LogP contribution in [0.5, 0.6) is 5.75 Å². The highest BCUT2D eigenvalue weighted by atomic mass is 35.5. The Labute approximate surface area is 122 Å². The first-order valence-corrected chi connectivity index (χ1v) is 6.89. The van der Waals surface area contributed by atoms with Crippen molar-refractivity contribution in [3.05, 3.63) is 23.2 Å². The van der Waals surface area contributed by atoms with Crippen molar-refractivity contribution >= 4 is 29.1 Å². The van der Waals surface area contributed by atoms with Crippen LogP contribution in [0.4, 0.5) is 5.69 Å². The predicted molar refractivity (Wildman–Crippen MR) is 77.2 cm³/mol. The van der Waals surface area contributed by atoms with E-state index in [1.807, 2.05) is 6.92 Å². The third kappa shape index (κ3) is 2.88. The Bertz CT molecular complexity index is 533. The van der Waals surface area contributed by atoms with Crippen LogP contribution in [-0.4, -0.2) is 31.5 Å². The molecule has 1 aliphatic heterocycles. The lowest BCUT2D eigenvalue weighted by atomic mass is 10.2. The number of halogens is 1. The first-order valence-electron chi connectivity index (χ1n) is 6.51. The lowest BCUT2D eigenvalue weighted by molar-refractivity contribution is -0.125. The van der Waals surface area contributed by atoms with Crippen LogP contribution in [0.2, 0.25) is 5.02 Å². The lowest BCUT2D eigenvalue weighted by Crippen LogP contribution is -2.44. The molecule has 5 nitrogen and oxygen atoms in total. The van der Waals surface area contributed by atoms with Gasteiger partial charge in [-0.05, 0) is 18.6 Å². The molecule has 1 aromatic carbocycles. The van der Waals surface area contributed by atoms with Gasteiger partial charge >= 0.3 is 0 Å². The van der Waals surface area contributed by atoms with Crippen molar-refractivity contribution in [2.75, 3.05) is 18.6 Å². The van der Waals surface area contributed by atoms with Gasteiger partial charge < -0.3 is 15.0 Å². The van der Waals surface area contributed by atoms with Crippen LogP contribution in [-0.2, 0) is 9.59 Å². The number of benzene rings is 1. The number of nitrogens with one attached hydrogen (secondary N) is 1. The van der Waals surface area contributed by atoms with E-state index in [0.29, 0.717) is 29.4 Å². The molecule has 0 spiro atoms. The molecule has 1 saturated heterocycles. The standard InChI is InChI=1S/C14H17ClN2O3/c1-3-11-14(19)17(7-6-13(18)16-11)12-8-9(20-2)4-5-10(12)15/h4-5,8,11H,3,6-7H2,1-2H3,(H,16,18). The number of nitrogens with zero attached hydrogens (tertiary/aromatic N) is 1. The molecule has 1 atom stereocenters. The van der Waals surface area contributed by atoms with Gasteiger partial charge in [0.1, 0.15) is 11.8 Å². The topological polar surface area (TPSA) is 58.6 Å². The molecule has 0 aromatic heterocycles. The van der Waals surface area contributed by atoms with Crippen molar-refractivity contribution < 1.29 is 14.3 Å². The summed E-state index contributed by atoms with van der Waals surface area (Å²) >= 11 is 6.18. The van der Waals surface area contributed by atoms with Crippen LogP contribution in [0.3, 0.4) is 0 Å². The van der Waals surface area contributed by atoms with E-state index in [4.69, 9.17) is 16.3 Å². The molecular weight excluding hydrogens is 280 g/mol. The summed E-state index contributed by atoms with van der Waals surface area (Å²) in [6, 6.07) is 4.62. The normalized spacial score (nSPS) is 19.6. The zero-order chi connectivity index (χ0) is 14.7. The molecule has 0 saturated carbocycles. The molecule has 0 aliphatic carbocycles. The number of rotatable bonds is 3. The molecule has 1 fully saturated rings. The fourth-order valence-corrected chi connectivity index (χ4v) is 2.40. The number of hydrogen-bond donors (Lipinski definition) is 1. The predicted octanol–water partition coefficient (Wildman–Crippen LogP) is 1.98. The Morgan fingerprint density at radius 3 is 2.85 bits per heavy atom. The number of hydrogen-bond acceptors (Lipinski definition) is 3. The molecule has 0 bridgehead atoms. The summed E-state index contributed by atoms with van der Waals surface area (Å²) in [7, 11) is 1.55. The largest absolute Gasteiger partial charge is 0.497 e. The highest BCUT2D eigenvalue weighted by Crippen LogP contribution is 2.31. The van der Waals surface area contributed by atoms with Crippen molar-refractivity contribution in [3.63, 3.8) is 0 Å². The number of anilines is 1. The third-order valence-corrected chi connectivity index (χ3v) is 3.63. The third-order valence-electron chi connectivity index (χ3n) is 3.31. The average Bonchev–Trinajstić information content (AvgIpc) is 2.59. The Morgan fingerprint density at radius 1 is 1.45 bits per heavy atom. The average molecular weight is 297 g/mol. The van der Waals surface area contributed by atoms with Gasteiger partial charge in [0, 0.05) is 19.0 Å². The van der Waals surface area contributed by atoms with Crippen LogP contribution in [0, 0.1) is 0 Å². The van der Waals surface area contributed by atoms with Gasteiger partial charge in [0.15, 0.2) is 0 Å². The minimum atomic E-state index is -0.507. The van der Waals surface area contributed by atoms with Gasteiger partial charge in [-0.2, -0.15) is 0 Å². The second-order valence-electron chi connectivity index (χ2n) is 4.59. The smallest absolute Gasteiger partial charge is 0.249 e. The molecular formula is C14H17ClN2O3. The van der Waals surface area contributed by atoms with Gasteiger partial charge in [0.2, 0.25) is 11.8 Å². The first-order chi connectivity index (χ1) is 9.56. The van der Waals surface area contributed by atoms with Crippen LogP contribution in [0.15, 0.2) is 18.2 Å². The van der Waals surface area contributed by atoms with Gasteiger partial charge in [-0.25, -0.2) is 0 Å². The Hall–Kier alpha value is -1.75. The molecule has 1 N–H and O–H groups in total. The van der Waals surface area contributed by atoms with E-state index < -0.39 is 6.04 Å². The molecule has 6 heteroatoms. The number of carbonyl (C=O) groups is 2. The van der Waals surface area contributed by atoms with E-state index in [1.165, 1.54) is 0 Å². The molecule has 2 amide bonds. The van der Waals surface area contributed by atoms with Crippen molar-refractivity contribution in [1.82, 2.24) is 5.32 Å². The van der Waals surface area contributed by atoms with Crippen molar-refractivity contribution in [1.29, 1.82) is 0 Å². The van der Waals surface area contributed by atoms with E-state index >= 15 is 0 Å². The van der Waals surface area contributed by atoms with Gasteiger partial charge in [-0.3, -0.25) is 9.59 Å². The Kier molecular flexibility index (Phi) is 4.49. The van der Waals surface area contributed by atoms with E-state index in [2.05, 4.69) is 5.32 Å². The zero-order valence-electron chi connectivity index (χ0n) is 11.5. The monoisotopic (exact) mass is 296 g/mol. The molecule has 20 heavy (non-hydrogen) atoms. The summed E-state index contributed by atoms with van der Waals surface area (Å²) in [5, 5.41) is 3.18. The maximum absolute atomic E-state index is 12.5. The molecule has 2 rings (SSSR count). The molecule has 108 valence electrons.